The Morgan fingerprint density at radius 2 is 1.60 bits per heavy atom. The van der Waals surface area contributed by atoms with Crippen LogP contribution in [0.15, 0.2) is 0 Å². The number of hydrogen-bond donors (Lipinski definition) is 1. The number of aliphatic hydroxyl groups is 1. The Balaban J connectivity index is 1.65. The number of ether oxygens (including phenoxy) is 1. The van der Waals surface area contributed by atoms with Gasteiger partial charge in [0.25, 0.3) is 0 Å². The van der Waals surface area contributed by atoms with Gasteiger partial charge in [-0.25, -0.2) is 0 Å². The summed E-state index contributed by atoms with van der Waals surface area (Å²) in [6, 6.07) is 0. The van der Waals surface area contributed by atoms with Gasteiger partial charge in [0.05, 0.1) is 18.3 Å². The van der Waals surface area contributed by atoms with Crippen molar-refractivity contribution in [1.82, 2.24) is 0 Å². The van der Waals surface area contributed by atoms with Crippen LogP contribution in [-0.4, -0.2) is 23.4 Å². The molecule has 0 aromatic rings. The van der Waals surface area contributed by atoms with Crippen LogP contribution in [0.1, 0.15) is 90.4 Å². The maximum Gasteiger partial charge on any atom is 0.0865 e. The summed E-state index contributed by atoms with van der Waals surface area (Å²) in [6.45, 7) is 3.16. The molecule has 2 aliphatic rings. The first-order valence-corrected chi connectivity index (χ1v) is 9.10. The molecular formula is C18H34O2. The van der Waals surface area contributed by atoms with E-state index in [2.05, 4.69) is 6.92 Å². The van der Waals surface area contributed by atoms with Gasteiger partial charge in [0.1, 0.15) is 0 Å². The molecule has 1 aliphatic heterocycles. The second-order valence-electron chi connectivity index (χ2n) is 7.05. The third kappa shape index (κ3) is 5.04. The Hall–Kier alpha value is -0.0800. The molecule has 1 saturated carbocycles. The van der Waals surface area contributed by atoms with E-state index in [9.17, 15) is 5.11 Å². The molecule has 0 spiro atoms. The Morgan fingerprint density at radius 3 is 2.20 bits per heavy atom. The van der Waals surface area contributed by atoms with Gasteiger partial charge < -0.3 is 9.84 Å². The minimum atomic E-state index is -0.401. The SMILES string of the molecule is CCCCCCCCCC(C1CO1)C1(O)CCCCC1. The van der Waals surface area contributed by atoms with Crippen molar-refractivity contribution in [3.63, 3.8) is 0 Å². The molecule has 118 valence electrons. The van der Waals surface area contributed by atoms with E-state index in [-0.39, 0.29) is 0 Å². The maximum atomic E-state index is 10.9. The second-order valence-corrected chi connectivity index (χ2v) is 7.05. The van der Waals surface area contributed by atoms with Gasteiger partial charge in [0.15, 0.2) is 0 Å². The van der Waals surface area contributed by atoms with Crippen LogP contribution in [0, 0.1) is 5.92 Å². The van der Waals surface area contributed by atoms with Crippen molar-refractivity contribution < 1.29 is 9.84 Å². The summed E-state index contributed by atoms with van der Waals surface area (Å²) >= 11 is 0. The molecule has 0 aromatic carbocycles. The minimum Gasteiger partial charge on any atom is -0.390 e. The molecule has 2 heteroatoms. The van der Waals surface area contributed by atoms with Crippen molar-refractivity contribution in [2.75, 3.05) is 6.61 Å². The van der Waals surface area contributed by atoms with Gasteiger partial charge in [-0.2, -0.15) is 0 Å². The van der Waals surface area contributed by atoms with Gasteiger partial charge in [-0.3, -0.25) is 0 Å². The fourth-order valence-electron chi connectivity index (χ4n) is 3.94. The van der Waals surface area contributed by atoms with Crippen molar-refractivity contribution in [3.8, 4) is 0 Å². The molecule has 1 heterocycles. The third-order valence-electron chi connectivity index (χ3n) is 5.34. The number of hydrogen-bond acceptors (Lipinski definition) is 2. The van der Waals surface area contributed by atoms with Gasteiger partial charge in [-0.15, -0.1) is 0 Å². The first-order valence-electron chi connectivity index (χ1n) is 9.10. The van der Waals surface area contributed by atoms with E-state index in [1.807, 2.05) is 0 Å². The van der Waals surface area contributed by atoms with Crippen LogP contribution >= 0.6 is 0 Å². The molecule has 0 radical (unpaired) electrons. The van der Waals surface area contributed by atoms with E-state index >= 15 is 0 Å². The Kier molecular flexibility index (Phi) is 6.83. The molecule has 1 N–H and O–H groups in total. The summed E-state index contributed by atoms with van der Waals surface area (Å²) < 4.78 is 5.54. The van der Waals surface area contributed by atoms with Gasteiger partial charge in [0, 0.05) is 5.92 Å². The molecule has 0 amide bonds. The molecular weight excluding hydrogens is 248 g/mol. The number of epoxide rings is 1. The lowest BCUT2D eigenvalue weighted by atomic mass is 9.72. The van der Waals surface area contributed by atoms with Crippen LogP contribution < -0.4 is 0 Å². The Morgan fingerprint density at radius 1 is 1.00 bits per heavy atom. The Labute approximate surface area is 125 Å². The standard InChI is InChI=1S/C18H34O2/c1-2-3-4-5-6-7-9-12-16(17-15-20-17)18(19)13-10-8-11-14-18/h16-17,19H,2-15H2,1H3. The highest BCUT2D eigenvalue weighted by molar-refractivity contribution is 4.96. The molecule has 20 heavy (non-hydrogen) atoms. The molecule has 2 rings (SSSR count). The highest BCUT2D eigenvalue weighted by Crippen LogP contribution is 2.42. The lowest BCUT2D eigenvalue weighted by Crippen LogP contribution is -2.42. The fraction of sp³-hybridized carbons (Fsp3) is 1.00. The maximum absolute atomic E-state index is 10.9. The number of rotatable bonds is 10. The van der Waals surface area contributed by atoms with Crippen LogP contribution in [0.5, 0.6) is 0 Å². The highest BCUT2D eigenvalue weighted by Gasteiger charge is 2.46. The average molecular weight is 282 g/mol. The zero-order valence-electron chi connectivity index (χ0n) is 13.4. The van der Waals surface area contributed by atoms with Crippen molar-refractivity contribution in [1.29, 1.82) is 0 Å². The normalized spacial score (nSPS) is 26.4. The molecule has 1 saturated heterocycles. The smallest absolute Gasteiger partial charge is 0.0865 e. The molecule has 2 nitrogen and oxygen atoms in total. The van der Waals surface area contributed by atoms with Crippen molar-refractivity contribution in [2.24, 2.45) is 5.92 Å². The van der Waals surface area contributed by atoms with E-state index in [0.29, 0.717) is 12.0 Å². The van der Waals surface area contributed by atoms with E-state index < -0.39 is 5.60 Å². The Bertz CT molecular complexity index is 254. The van der Waals surface area contributed by atoms with E-state index in [1.165, 1.54) is 70.6 Å². The molecule has 1 aliphatic carbocycles. The zero-order valence-corrected chi connectivity index (χ0v) is 13.4. The second kappa shape index (κ2) is 8.38. The summed E-state index contributed by atoms with van der Waals surface area (Å²) in [6.07, 6.45) is 16.8. The van der Waals surface area contributed by atoms with E-state index in [0.717, 1.165) is 19.4 Å². The number of unbranched alkanes of at least 4 members (excludes halogenated alkanes) is 6. The van der Waals surface area contributed by atoms with Crippen LogP contribution in [-0.2, 0) is 4.74 Å². The molecule has 2 unspecified atom stereocenters. The van der Waals surface area contributed by atoms with Gasteiger partial charge >= 0.3 is 0 Å². The van der Waals surface area contributed by atoms with E-state index in [1.54, 1.807) is 0 Å². The van der Waals surface area contributed by atoms with Crippen LogP contribution in [0.3, 0.4) is 0 Å². The predicted octanol–water partition coefficient (Wildman–Crippen LogP) is 4.84. The van der Waals surface area contributed by atoms with Crippen LogP contribution in [0.2, 0.25) is 0 Å². The van der Waals surface area contributed by atoms with Gasteiger partial charge in [-0.05, 0) is 19.3 Å². The van der Waals surface area contributed by atoms with Crippen molar-refractivity contribution in [3.05, 3.63) is 0 Å². The summed E-state index contributed by atoms with van der Waals surface area (Å²) in [5.74, 6) is 0.415. The summed E-state index contributed by atoms with van der Waals surface area (Å²) in [4.78, 5) is 0. The molecule has 0 aromatic heterocycles. The highest BCUT2D eigenvalue weighted by atomic mass is 16.6. The first kappa shape index (κ1) is 16.3. The largest absolute Gasteiger partial charge is 0.390 e. The third-order valence-corrected chi connectivity index (χ3v) is 5.34. The summed E-state index contributed by atoms with van der Waals surface area (Å²) in [7, 11) is 0. The quantitative estimate of drug-likeness (QED) is 0.459. The van der Waals surface area contributed by atoms with Crippen molar-refractivity contribution >= 4 is 0 Å². The van der Waals surface area contributed by atoms with Gasteiger partial charge in [0.2, 0.25) is 0 Å². The van der Waals surface area contributed by atoms with Gasteiger partial charge in [-0.1, -0.05) is 71.1 Å². The minimum absolute atomic E-state index is 0.373. The average Bonchev–Trinajstić information content (AvgIpc) is 3.27. The monoisotopic (exact) mass is 282 g/mol. The molecule has 2 atom stereocenters. The van der Waals surface area contributed by atoms with E-state index in [4.69, 9.17) is 4.74 Å². The summed E-state index contributed by atoms with van der Waals surface area (Å²) in [5.41, 5.74) is -0.401. The molecule has 2 fully saturated rings. The predicted molar refractivity (Wildman–Crippen MR) is 83.9 cm³/mol. The fourth-order valence-corrected chi connectivity index (χ4v) is 3.94. The van der Waals surface area contributed by atoms with Crippen molar-refractivity contribution in [2.45, 2.75) is 102 Å². The lowest BCUT2D eigenvalue weighted by molar-refractivity contribution is -0.0615. The summed E-state index contributed by atoms with van der Waals surface area (Å²) in [5, 5.41) is 10.9. The zero-order chi connectivity index (χ0) is 14.3. The van der Waals surface area contributed by atoms with Crippen LogP contribution in [0.25, 0.3) is 0 Å². The molecule has 0 bridgehead atoms. The first-order chi connectivity index (χ1) is 9.76. The van der Waals surface area contributed by atoms with Crippen LogP contribution in [0.4, 0.5) is 0 Å². The lowest BCUT2D eigenvalue weighted by Gasteiger charge is -2.39. The topological polar surface area (TPSA) is 32.8 Å².